The van der Waals surface area contributed by atoms with E-state index in [2.05, 4.69) is 4.98 Å². The number of hydrogen-bond acceptors (Lipinski definition) is 6. The van der Waals surface area contributed by atoms with E-state index < -0.39 is 11.3 Å². The Labute approximate surface area is 154 Å². The molecule has 2 aromatic heterocycles. The highest BCUT2D eigenvalue weighted by molar-refractivity contribution is 7.11. The summed E-state index contributed by atoms with van der Waals surface area (Å²) in [5.41, 5.74) is 6.99. The molecule has 7 heteroatoms. The molecule has 0 aliphatic heterocycles. The lowest BCUT2D eigenvalue weighted by molar-refractivity contribution is 0.1000. The maximum atomic E-state index is 12.0. The minimum atomic E-state index is -0.536. The quantitative estimate of drug-likeness (QED) is 0.692. The summed E-state index contributed by atoms with van der Waals surface area (Å²) >= 11 is 1.58. The molecule has 2 heterocycles. The number of fused-ring (bicyclic) bond motifs is 1. The number of nitrogens with zero attached hydrogens (tertiary/aromatic N) is 1. The molecule has 136 valence electrons. The molecule has 4 rings (SSSR count). The van der Waals surface area contributed by atoms with Gasteiger partial charge in [-0.05, 0) is 38.8 Å². The summed E-state index contributed by atoms with van der Waals surface area (Å²) in [4.78, 5) is 17.3. The topological polar surface area (TPSA) is 98.6 Å². The molecule has 3 N–H and O–H groups in total. The molecule has 6 nitrogen and oxygen atoms in total. The third-order valence-corrected chi connectivity index (χ3v) is 5.85. The number of nitrogens with two attached hydrogens (primary N) is 1. The van der Waals surface area contributed by atoms with Crippen LogP contribution in [0.25, 0.3) is 11.0 Å². The second-order valence-electron chi connectivity index (χ2n) is 6.78. The van der Waals surface area contributed by atoms with Crippen molar-refractivity contribution in [2.75, 3.05) is 6.61 Å². The van der Waals surface area contributed by atoms with Crippen LogP contribution in [-0.2, 0) is 12.0 Å². The molecule has 1 amide bonds. The largest absolute Gasteiger partial charge is 0.488 e. The van der Waals surface area contributed by atoms with Crippen molar-refractivity contribution in [1.82, 2.24) is 4.98 Å². The molecule has 0 radical (unpaired) electrons. The zero-order valence-electron chi connectivity index (χ0n) is 14.7. The lowest BCUT2D eigenvalue weighted by Gasteiger charge is -2.19. The van der Waals surface area contributed by atoms with Crippen LogP contribution in [0.5, 0.6) is 5.75 Å². The molecule has 1 aromatic carbocycles. The number of carbonyl (C=O) groups excluding carboxylic acids is 1. The van der Waals surface area contributed by atoms with Crippen molar-refractivity contribution < 1.29 is 19.1 Å². The summed E-state index contributed by atoms with van der Waals surface area (Å²) < 4.78 is 11.8. The fraction of sp³-hybridized carbons (Fsp3) is 0.368. The maximum Gasteiger partial charge on any atom is 0.252 e. The standard InChI is InChI=1S/C19H20N2O4S/c1-10-15(18(20)23)16-13(25-10)3-4-14(17(16)19(9-22)5-6-19)24-8-12-7-21-11(2)26-12/h3-4,7,22H,5-6,8-9H2,1-2H3,(H2,20,23). The van der Waals surface area contributed by atoms with Gasteiger partial charge in [0, 0.05) is 22.6 Å². The van der Waals surface area contributed by atoms with E-state index in [-0.39, 0.29) is 6.61 Å². The van der Waals surface area contributed by atoms with Gasteiger partial charge in [0.25, 0.3) is 5.91 Å². The van der Waals surface area contributed by atoms with Crippen molar-refractivity contribution in [3.05, 3.63) is 45.1 Å². The van der Waals surface area contributed by atoms with Gasteiger partial charge < -0.3 is 20.0 Å². The van der Waals surface area contributed by atoms with Crippen LogP contribution in [0.1, 0.15) is 44.4 Å². The summed E-state index contributed by atoms with van der Waals surface area (Å²) in [7, 11) is 0. The Morgan fingerprint density at radius 2 is 2.19 bits per heavy atom. The number of aliphatic hydroxyl groups excluding tert-OH is 1. The minimum absolute atomic E-state index is 0.00936. The van der Waals surface area contributed by atoms with Crippen molar-refractivity contribution in [2.45, 2.75) is 38.7 Å². The number of amides is 1. The maximum absolute atomic E-state index is 12.0. The molecule has 3 aromatic rings. The first-order chi connectivity index (χ1) is 12.4. The molecule has 26 heavy (non-hydrogen) atoms. The van der Waals surface area contributed by atoms with E-state index in [4.69, 9.17) is 14.9 Å². The summed E-state index contributed by atoms with van der Waals surface area (Å²) in [6.07, 6.45) is 3.47. The third-order valence-electron chi connectivity index (χ3n) is 4.97. The fourth-order valence-corrected chi connectivity index (χ4v) is 4.20. The lowest BCUT2D eigenvalue weighted by atomic mass is 9.90. The van der Waals surface area contributed by atoms with Gasteiger partial charge in [0.15, 0.2) is 0 Å². The van der Waals surface area contributed by atoms with E-state index in [0.29, 0.717) is 34.6 Å². The SMILES string of the molecule is Cc1ncc(COc2ccc3oc(C)c(C(N)=O)c3c2C2(CO)CC2)s1. The Bertz CT molecular complexity index is 1000. The first-order valence-electron chi connectivity index (χ1n) is 8.46. The molecule has 0 spiro atoms. The molecule has 1 saturated carbocycles. The van der Waals surface area contributed by atoms with Gasteiger partial charge in [0.1, 0.15) is 23.7 Å². The Hall–Kier alpha value is -2.38. The third kappa shape index (κ3) is 2.68. The van der Waals surface area contributed by atoms with Crippen molar-refractivity contribution in [3.8, 4) is 5.75 Å². The first-order valence-corrected chi connectivity index (χ1v) is 9.28. The molecular formula is C19H20N2O4S. The molecule has 1 aliphatic carbocycles. The van der Waals surface area contributed by atoms with Gasteiger partial charge in [0.2, 0.25) is 0 Å². The second-order valence-corrected chi connectivity index (χ2v) is 8.10. The number of rotatable bonds is 6. The van der Waals surface area contributed by atoms with E-state index in [1.54, 1.807) is 30.5 Å². The summed E-state index contributed by atoms with van der Waals surface area (Å²) in [5, 5.41) is 11.7. The van der Waals surface area contributed by atoms with Crippen LogP contribution in [0.15, 0.2) is 22.7 Å². The number of ether oxygens (including phenoxy) is 1. The van der Waals surface area contributed by atoms with Gasteiger partial charge in [-0.15, -0.1) is 11.3 Å². The van der Waals surface area contributed by atoms with Crippen molar-refractivity contribution in [2.24, 2.45) is 5.73 Å². The molecule has 0 bridgehead atoms. The fourth-order valence-electron chi connectivity index (χ4n) is 3.49. The zero-order chi connectivity index (χ0) is 18.5. The lowest BCUT2D eigenvalue weighted by Crippen LogP contribution is -2.17. The normalized spacial score (nSPS) is 15.3. The number of benzene rings is 1. The Morgan fingerprint density at radius 3 is 2.77 bits per heavy atom. The van der Waals surface area contributed by atoms with E-state index in [0.717, 1.165) is 28.3 Å². The average molecular weight is 372 g/mol. The molecular weight excluding hydrogens is 352 g/mol. The summed E-state index contributed by atoms with van der Waals surface area (Å²) in [6, 6.07) is 3.63. The number of hydrogen-bond donors (Lipinski definition) is 2. The minimum Gasteiger partial charge on any atom is -0.488 e. The number of primary amides is 1. The van der Waals surface area contributed by atoms with Gasteiger partial charge in [-0.25, -0.2) is 4.98 Å². The molecule has 0 unspecified atom stereocenters. The first kappa shape index (κ1) is 17.1. The van der Waals surface area contributed by atoms with Crippen LogP contribution in [-0.4, -0.2) is 22.6 Å². The van der Waals surface area contributed by atoms with Crippen LogP contribution in [0.2, 0.25) is 0 Å². The van der Waals surface area contributed by atoms with Crippen molar-refractivity contribution in [3.63, 3.8) is 0 Å². The number of carbonyl (C=O) groups is 1. The number of aromatic nitrogens is 1. The van der Waals surface area contributed by atoms with Gasteiger partial charge in [-0.1, -0.05) is 0 Å². The van der Waals surface area contributed by atoms with Gasteiger partial charge in [0.05, 0.1) is 22.1 Å². The van der Waals surface area contributed by atoms with Crippen LogP contribution < -0.4 is 10.5 Å². The van der Waals surface area contributed by atoms with Gasteiger partial charge >= 0.3 is 0 Å². The molecule has 0 atom stereocenters. The van der Waals surface area contributed by atoms with Crippen LogP contribution in [0.4, 0.5) is 0 Å². The second kappa shape index (κ2) is 6.10. The number of thiazole rings is 1. The van der Waals surface area contributed by atoms with E-state index >= 15 is 0 Å². The van der Waals surface area contributed by atoms with Gasteiger partial charge in [-0.3, -0.25) is 4.79 Å². The monoisotopic (exact) mass is 372 g/mol. The molecule has 1 aliphatic rings. The predicted molar refractivity (Wildman–Crippen MR) is 98.6 cm³/mol. The highest BCUT2D eigenvalue weighted by Gasteiger charge is 2.48. The Morgan fingerprint density at radius 1 is 1.42 bits per heavy atom. The number of aliphatic hydroxyl groups is 1. The van der Waals surface area contributed by atoms with E-state index in [1.807, 2.05) is 13.0 Å². The zero-order valence-corrected chi connectivity index (χ0v) is 15.5. The number of furan rings is 1. The Kier molecular flexibility index (Phi) is 4.00. The van der Waals surface area contributed by atoms with Crippen LogP contribution in [0.3, 0.4) is 0 Å². The summed E-state index contributed by atoms with van der Waals surface area (Å²) in [5.74, 6) is 0.600. The number of aryl methyl sites for hydroxylation is 2. The van der Waals surface area contributed by atoms with Crippen LogP contribution >= 0.6 is 11.3 Å². The van der Waals surface area contributed by atoms with Crippen LogP contribution in [0, 0.1) is 13.8 Å². The smallest absolute Gasteiger partial charge is 0.252 e. The highest BCUT2D eigenvalue weighted by atomic mass is 32.1. The highest BCUT2D eigenvalue weighted by Crippen LogP contribution is 2.54. The van der Waals surface area contributed by atoms with Gasteiger partial charge in [-0.2, -0.15) is 0 Å². The average Bonchev–Trinajstić information content (AvgIpc) is 3.16. The van der Waals surface area contributed by atoms with Crippen molar-refractivity contribution >= 4 is 28.2 Å². The van der Waals surface area contributed by atoms with E-state index in [9.17, 15) is 9.90 Å². The predicted octanol–water partition coefficient (Wildman–Crippen LogP) is 3.21. The van der Waals surface area contributed by atoms with E-state index in [1.165, 1.54) is 0 Å². The summed E-state index contributed by atoms with van der Waals surface area (Å²) in [6.45, 7) is 4.05. The molecule has 0 saturated heterocycles. The van der Waals surface area contributed by atoms with Crippen molar-refractivity contribution in [1.29, 1.82) is 0 Å². The Balaban J connectivity index is 1.85. The molecule has 1 fully saturated rings.